The second-order valence-electron chi connectivity index (χ2n) is 27.9. The number of phosphoric acid groups is 2. The van der Waals surface area contributed by atoms with E-state index in [2.05, 4.69) is 34.6 Å². The molecule has 3 N–H and O–H groups in total. The van der Waals surface area contributed by atoms with Crippen LogP contribution in [0.15, 0.2) is 0 Å². The van der Waals surface area contributed by atoms with Gasteiger partial charge >= 0.3 is 39.5 Å². The van der Waals surface area contributed by atoms with Crippen LogP contribution in [0.2, 0.25) is 0 Å². The van der Waals surface area contributed by atoms with E-state index in [1.807, 2.05) is 0 Å². The zero-order chi connectivity index (χ0) is 69.8. The van der Waals surface area contributed by atoms with E-state index in [1.165, 1.54) is 205 Å². The van der Waals surface area contributed by atoms with Gasteiger partial charge in [0.05, 0.1) is 26.4 Å². The molecule has 564 valence electrons. The van der Waals surface area contributed by atoms with E-state index in [-0.39, 0.29) is 25.7 Å². The summed E-state index contributed by atoms with van der Waals surface area (Å²) in [4.78, 5) is 72.5. The first-order valence-corrected chi connectivity index (χ1v) is 42.6. The third-order valence-electron chi connectivity index (χ3n) is 17.8. The minimum atomic E-state index is -4.95. The van der Waals surface area contributed by atoms with E-state index in [4.69, 9.17) is 37.0 Å². The van der Waals surface area contributed by atoms with Crippen molar-refractivity contribution in [2.75, 3.05) is 39.6 Å². The van der Waals surface area contributed by atoms with Crippen LogP contribution in [-0.4, -0.2) is 96.7 Å². The fourth-order valence-electron chi connectivity index (χ4n) is 11.7. The highest BCUT2D eigenvalue weighted by Gasteiger charge is 2.30. The molecule has 0 saturated carbocycles. The number of phosphoric ester groups is 2. The Hall–Kier alpha value is -1.94. The molecule has 0 heterocycles. The molecule has 95 heavy (non-hydrogen) atoms. The maximum atomic E-state index is 13.1. The van der Waals surface area contributed by atoms with E-state index in [0.717, 1.165) is 115 Å². The molecular formula is C76H148O17P2. The van der Waals surface area contributed by atoms with Crippen molar-refractivity contribution < 1.29 is 80.2 Å². The molecule has 0 spiro atoms. The SMILES string of the molecule is CCCCCCCCCCCCCCCCCCCCCCCC(=O)O[C@H](COC(=O)CCCCCCCCCCCCCCCCCCC(C)C)COP(=O)(O)OC[C@@H](O)COP(=O)(O)OC[C@@H](COC(=O)CCCCCCCCC)OC(=O)CCCCCCCCCC. The van der Waals surface area contributed by atoms with E-state index in [9.17, 15) is 43.2 Å². The molecule has 0 aliphatic heterocycles. The summed E-state index contributed by atoms with van der Waals surface area (Å²) in [5.41, 5.74) is 0. The lowest BCUT2D eigenvalue weighted by molar-refractivity contribution is -0.161. The average molecular weight is 1400 g/mol. The van der Waals surface area contributed by atoms with Crippen molar-refractivity contribution in [2.45, 2.75) is 419 Å². The predicted octanol–water partition coefficient (Wildman–Crippen LogP) is 22.5. The number of carbonyl (C=O) groups excluding carboxylic acids is 4. The van der Waals surface area contributed by atoms with Crippen molar-refractivity contribution in [1.82, 2.24) is 0 Å². The molecule has 0 saturated heterocycles. The van der Waals surface area contributed by atoms with Crippen LogP contribution in [0.1, 0.15) is 401 Å². The number of hydrogen-bond donors (Lipinski definition) is 3. The lowest BCUT2D eigenvalue weighted by atomic mass is 10.0. The molecule has 0 amide bonds. The van der Waals surface area contributed by atoms with Crippen LogP contribution >= 0.6 is 15.6 Å². The summed E-state index contributed by atoms with van der Waals surface area (Å²) in [5.74, 6) is -1.31. The molecule has 0 rings (SSSR count). The monoisotopic (exact) mass is 1400 g/mol. The van der Waals surface area contributed by atoms with Gasteiger partial charge in [-0.05, 0) is 31.6 Å². The summed E-state index contributed by atoms with van der Waals surface area (Å²) in [6.07, 6.45) is 58.7. The minimum Gasteiger partial charge on any atom is -0.462 e. The summed E-state index contributed by atoms with van der Waals surface area (Å²) >= 11 is 0. The highest BCUT2D eigenvalue weighted by molar-refractivity contribution is 7.47. The number of carbonyl (C=O) groups is 4. The van der Waals surface area contributed by atoms with Crippen LogP contribution < -0.4 is 0 Å². The van der Waals surface area contributed by atoms with Gasteiger partial charge in [0.15, 0.2) is 12.2 Å². The predicted molar refractivity (Wildman–Crippen MR) is 386 cm³/mol. The van der Waals surface area contributed by atoms with Crippen molar-refractivity contribution in [3.8, 4) is 0 Å². The summed E-state index contributed by atoms with van der Waals surface area (Å²) in [5, 5.41) is 10.6. The standard InChI is InChI=1S/C76H148O17P2/c1-6-9-12-15-18-20-21-22-23-24-25-26-27-28-33-36-39-42-47-52-57-62-76(81)93-72(66-87-74(79)60-55-50-46-41-38-35-32-30-29-31-34-37-40-44-48-53-58-69(4)5)68-91-95(84,85)89-64-70(77)63-88-94(82,83)90-67-71(65-86-73(78)59-54-49-43-17-14-11-8-3)92-75(80)61-56-51-45-19-16-13-10-7-2/h69-72,77H,6-68H2,1-5H3,(H,82,83)(H,84,85)/t70-,71+,72+/m0/s1. The number of ether oxygens (including phenoxy) is 4. The van der Waals surface area contributed by atoms with Gasteiger partial charge in [-0.25, -0.2) is 9.13 Å². The number of hydrogen-bond acceptors (Lipinski definition) is 15. The van der Waals surface area contributed by atoms with Crippen LogP contribution in [0.3, 0.4) is 0 Å². The molecule has 17 nitrogen and oxygen atoms in total. The molecule has 0 radical (unpaired) electrons. The molecular weight excluding hydrogens is 1250 g/mol. The van der Waals surface area contributed by atoms with Crippen molar-refractivity contribution >= 4 is 39.5 Å². The Bertz CT molecular complexity index is 1820. The Morgan fingerprint density at radius 3 is 0.716 bits per heavy atom. The van der Waals surface area contributed by atoms with E-state index >= 15 is 0 Å². The first kappa shape index (κ1) is 93.1. The summed E-state index contributed by atoms with van der Waals surface area (Å²) in [7, 11) is -9.90. The maximum Gasteiger partial charge on any atom is 0.472 e. The van der Waals surface area contributed by atoms with Gasteiger partial charge in [-0.1, -0.05) is 349 Å². The van der Waals surface area contributed by atoms with Gasteiger partial charge in [-0.15, -0.1) is 0 Å². The van der Waals surface area contributed by atoms with Crippen molar-refractivity contribution in [3.05, 3.63) is 0 Å². The number of aliphatic hydroxyl groups excluding tert-OH is 1. The Morgan fingerprint density at radius 2 is 0.484 bits per heavy atom. The van der Waals surface area contributed by atoms with Crippen LogP contribution in [0.5, 0.6) is 0 Å². The highest BCUT2D eigenvalue weighted by atomic mass is 31.2. The van der Waals surface area contributed by atoms with Crippen molar-refractivity contribution in [3.63, 3.8) is 0 Å². The van der Waals surface area contributed by atoms with Crippen molar-refractivity contribution in [2.24, 2.45) is 5.92 Å². The van der Waals surface area contributed by atoms with Gasteiger partial charge in [0.1, 0.15) is 19.3 Å². The third-order valence-corrected chi connectivity index (χ3v) is 19.7. The topological polar surface area (TPSA) is 237 Å². The maximum absolute atomic E-state index is 13.1. The summed E-state index contributed by atoms with van der Waals surface area (Å²) in [6, 6.07) is 0. The van der Waals surface area contributed by atoms with E-state index in [0.29, 0.717) is 25.7 Å². The van der Waals surface area contributed by atoms with Crippen LogP contribution in [0, 0.1) is 5.92 Å². The lowest BCUT2D eigenvalue weighted by Gasteiger charge is -2.21. The van der Waals surface area contributed by atoms with Gasteiger partial charge in [0, 0.05) is 25.7 Å². The largest absolute Gasteiger partial charge is 0.472 e. The molecule has 19 heteroatoms. The lowest BCUT2D eigenvalue weighted by Crippen LogP contribution is -2.30. The fraction of sp³-hybridized carbons (Fsp3) is 0.947. The number of esters is 4. The molecule has 0 fully saturated rings. The Morgan fingerprint density at radius 1 is 0.284 bits per heavy atom. The van der Waals surface area contributed by atoms with Gasteiger partial charge in [0.25, 0.3) is 0 Å². The second kappa shape index (κ2) is 69.2. The molecule has 0 aliphatic carbocycles. The van der Waals surface area contributed by atoms with E-state index in [1.54, 1.807) is 0 Å². The number of aliphatic hydroxyl groups is 1. The molecule has 0 bridgehead atoms. The van der Waals surface area contributed by atoms with Crippen LogP contribution in [0.4, 0.5) is 0 Å². The summed E-state index contributed by atoms with van der Waals surface area (Å²) < 4.78 is 68.3. The van der Waals surface area contributed by atoms with Crippen LogP contribution in [-0.2, 0) is 65.4 Å². The van der Waals surface area contributed by atoms with Gasteiger partial charge < -0.3 is 33.8 Å². The minimum absolute atomic E-state index is 0.105. The third kappa shape index (κ3) is 70.3. The molecule has 5 atom stereocenters. The smallest absolute Gasteiger partial charge is 0.462 e. The number of rotatable bonds is 76. The molecule has 0 aromatic carbocycles. The molecule has 0 aromatic rings. The zero-order valence-electron chi connectivity index (χ0n) is 61.8. The van der Waals surface area contributed by atoms with Gasteiger partial charge in [-0.3, -0.25) is 37.3 Å². The Kier molecular flexibility index (Phi) is 67.7. The van der Waals surface area contributed by atoms with Crippen LogP contribution in [0.25, 0.3) is 0 Å². The fourth-order valence-corrected chi connectivity index (χ4v) is 13.3. The van der Waals surface area contributed by atoms with Crippen molar-refractivity contribution in [1.29, 1.82) is 0 Å². The Balaban J connectivity index is 5.11. The molecule has 2 unspecified atom stereocenters. The highest BCUT2D eigenvalue weighted by Crippen LogP contribution is 2.45. The van der Waals surface area contributed by atoms with Gasteiger partial charge in [-0.2, -0.15) is 0 Å². The van der Waals surface area contributed by atoms with Gasteiger partial charge in [0.2, 0.25) is 0 Å². The molecule has 0 aliphatic rings. The molecule has 0 aromatic heterocycles. The zero-order valence-corrected chi connectivity index (χ0v) is 63.6. The second-order valence-corrected chi connectivity index (χ2v) is 30.8. The summed E-state index contributed by atoms with van der Waals surface area (Å²) in [6.45, 7) is 7.24. The normalized spacial score (nSPS) is 13.9. The van der Waals surface area contributed by atoms with E-state index < -0.39 is 97.5 Å². The Labute approximate surface area is 581 Å². The first-order valence-electron chi connectivity index (χ1n) is 39.6. The quantitative estimate of drug-likeness (QED) is 0.0222. The number of unbranched alkanes of at least 4 members (excludes halogenated alkanes) is 48. The first-order chi connectivity index (χ1) is 46.0. The average Bonchev–Trinajstić information content (AvgIpc) is 1.30.